The van der Waals surface area contributed by atoms with E-state index in [-0.39, 0.29) is 18.3 Å². The van der Waals surface area contributed by atoms with Crippen LogP contribution in [0.5, 0.6) is 0 Å². The van der Waals surface area contributed by atoms with E-state index in [0.29, 0.717) is 17.5 Å². The van der Waals surface area contributed by atoms with Gasteiger partial charge in [0.2, 0.25) is 0 Å². The van der Waals surface area contributed by atoms with Crippen LogP contribution in [0.1, 0.15) is 29.3 Å². The molecule has 1 amide bonds. The van der Waals surface area contributed by atoms with E-state index in [1.807, 2.05) is 0 Å². The quantitative estimate of drug-likeness (QED) is 0.843. The normalized spacial score (nSPS) is 11.9. The molecule has 2 N–H and O–H groups in total. The number of benzene rings is 1. The predicted octanol–water partition coefficient (Wildman–Crippen LogP) is 1.97. The Kier molecular flexibility index (Phi) is 4.83. The lowest BCUT2D eigenvalue weighted by molar-refractivity contribution is -0.141. The second kappa shape index (κ2) is 6.14. The van der Waals surface area contributed by atoms with Crippen molar-refractivity contribution in [2.24, 2.45) is 5.92 Å². The number of carbonyl (C=O) groups is 2. The minimum atomic E-state index is -0.887. The molecular weight excluding hydrogens is 237 g/mol. The number of aliphatic carboxylic acids is 1. The largest absolute Gasteiger partial charge is 0.481 e. The average molecular weight is 253 g/mol. The molecule has 1 rings (SSSR count). The fraction of sp³-hybridized carbons (Fsp3) is 0.385. The summed E-state index contributed by atoms with van der Waals surface area (Å²) in [6.45, 7) is 3.44. The van der Waals surface area contributed by atoms with Crippen LogP contribution >= 0.6 is 0 Å². The first-order valence-corrected chi connectivity index (χ1v) is 5.69. The van der Waals surface area contributed by atoms with E-state index in [9.17, 15) is 14.0 Å². The van der Waals surface area contributed by atoms with Crippen molar-refractivity contribution >= 4 is 11.9 Å². The Labute approximate surface area is 105 Å². The van der Waals surface area contributed by atoms with Crippen LogP contribution in [0.3, 0.4) is 0 Å². The minimum absolute atomic E-state index is 0.280. The molecule has 98 valence electrons. The smallest absolute Gasteiger partial charge is 0.306 e. The van der Waals surface area contributed by atoms with E-state index in [1.165, 1.54) is 18.2 Å². The Hall–Kier alpha value is -1.91. The second-order valence-corrected chi connectivity index (χ2v) is 4.25. The van der Waals surface area contributed by atoms with Gasteiger partial charge in [0, 0.05) is 12.1 Å². The van der Waals surface area contributed by atoms with Crippen molar-refractivity contribution in [1.82, 2.24) is 5.32 Å². The highest BCUT2D eigenvalue weighted by Gasteiger charge is 2.12. The second-order valence-electron chi connectivity index (χ2n) is 4.25. The SMILES string of the molecule is Cc1cc(C(=O)NCCC(C)C(=O)O)ccc1F. The van der Waals surface area contributed by atoms with Crippen LogP contribution in [0.2, 0.25) is 0 Å². The molecule has 1 aromatic rings. The van der Waals surface area contributed by atoms with Crippen LogP contribution in [0.15, 0.2) is 18.2 Å². The lowest BCUT2D eigenvalue weighted by Crippen LogP contribution is -2.27. The number of halogens is 1. The zero-order chi connectivity index (χ0) is 13.7. The molecule has 0 saturated heterocycles. The minimum Gasteiger partial charge on any atom is -0.481 e. The number of aryl methyl sites for hydroxylation is 1. The summed E-state index contributed by atoms with van der Waals surface area (Å²) in [5.41, 5.74) is 0.776. The summed E-state index contributed by atoms with van der Waals surface area (Å²) in [6, 6.07) is 4.10. The van der Waals surface area contributed by atoms with E-state index in [1.54, 1.807) is 13.8 Å². The summed E-state index contributed by atoms with van der Waals surface area (Å²) in [4.78, 5) is 22.3. The molecule has 1 atom stereocenters. The zero-order valence-electron chi connectivity index (χ0n) is 10.4. The number of nitrogens with one attached hydrogen (secondary N) is 1. The van der Waals surface area contributed by atoms with Crippen LogP contribution in [-0.4, -0.2) is 23.5 Å². The third-order valence-electron chi connectivity index (χ3n) is 2.70. The van der Waals surface area contributed by atoms with E-state index in [0.717, 1.165) is 0 Å². The average Bonchev–Trinajstić information content (AvgIpc) is 2.32. The Morgan fingerprint density at radius 2 is 2.11 bits per heavy atom. The first-order valence-electron chi connectivity index (χ1n) is 5.69. The van der Waals surface area contributed by atoms with Gasteiger partial charge in [-0.25, -0.2) is 4.39 Å². The molecule has 1 unspecified atom stereocenters. The summed E-state index contributed by atoms with van der Waals surface area (Å²) in [6.07, 6.45) is 0.362. The lowest BCUT2D eigenvalue weighted by Gasteiger charge is -2.08. The molecule has 0 fully saturated rings. The van der Waals surface area contributed by atoms with Crippen molar-refractivity contribution in [3.05, 3.63) is 35.1 Å². The van der Waals surface area contributed by atoms with Gasteiger partial charge in [-0.05, 0) is 37.1 Å². The molecule has 1 aromatic carbocycles. The highest BCUT2D eigenvalue weighted by Crippen LogP contribution is 2.09. The number of amides is 1. The first-order chi connectivity index (χ1) is 8.41. The van der Waals surface area contributed by atoms with Gasteiger partial charge in [0.25, 0.3) is 5.91 Å². The van der Waals surface area contributed by atoms with Gasteiger partial charge in [-0.1, -0.05) is 6.92 Å². The maximum absolute atomic E-state index is 13.0. The molecule has 0 aliphatic heterocycles. The Balaban J connectivity index is 2.50. The number of hydrogen-bond donors (Lipinski definition) is 2. The van der Waals surface area contributed by atoms with E-state index >= 15 is 0 Å². The highest BCUT2D eigenvalue weighted by atomic mass is 19.1. The van der Waals surface area contributed by atoms with Crippen molar-refractivity contribution in [2.75, 3.05) is 6.54 Å². The van der Waals surface area contributed by atoms with E-state index < -0.39 is 11.9 Å². The Bertz CT molecular complexity index is 460. The molecule has 0 aliphatic rings. The van der Waals surface area contributed by atoms with Crippen LogP contribution in [0, 0.1) is 18.7 Å². The third-order valence-corrected chi connectivity index (χ3v) is 2.70. The lowest BCUT2D eigenvalue weighted by atomic mass is 10.1. The number of carboxylic acid groups (broad SMARTS) is 1. The van der Waals surface area contributed by atoms with Crippen molar-refractivity contribution in [1.29, 1.82) is 0 Å². The summed E-state index contributed by atoms with van der Waals surface area (Å²) in [5.74, 6) is -2.07. The van der Waals surface area contributed by atoms with E-state index in [2.05, 4.69) is 5.32 Å². The maximum atomic E-state index is 13.0. The van der Waals surface area contributed by atoms with Crippen LogP contribution in [-0.2, 0) is 4.79 Å². The first kappa shape index (κ1) is 14.2. The Morgan fingerprint density at radius 3 is 2.67 bits per heavy atom. The van der Waals surface area contributed by atoms with Gasteiger partial charge in [0.1, 0.15) is 5.82 Å². The van der Waals surface area contributed by atoms with Gasteiger partial charge >= 0.3 is 5.97 Å². The molecule has 4 nitrogen and oxygen atoms in total. The number of hydrogen-bond acceptors (Lipinski definition) is 2. The van der Waals surface area contributed by atoms with Gasteiger partial charge in [-0.2, -0.15) is 0 Å². The van der Waals surface area contributed by atoms with Gasteiger partial charge < -0.3 is 10.4 Å². The van der Waals surface area contributed by atoms with Gasteiger partial charge in [0.05, 0.1) is 5.92 Å². The maximum Gasteiger partial charge on any atom is 0.306 e. The van der Waals surface area contributed by atoms with Crippen molar-refractivity contribution in [2.45, 2.75) is 20.3 Å². The van der Waals surface area contributed by atoms with Gasteiger partial charge in [-0.3, -0.25) is 9.59 Å². The molecule has 0 bridgehead atoms. The molecule has 0 radical (unpaired) electrons. The fourth-order valence-corrected chi connectivity index (χ4v) is 1.41. The van der Waals surface area contributed by atoms with Gasteiger partial charge in [0.15, 0.2) is 0 Å². The molecule has 18 heavy (non-hydrogen) atoms. The standard InChI is InChI=1S/C13H16FNO3/c1-8(13(17)18)5-6-15-12(16)10-3-4-11(14)9(2)7-10/h3-4,7-8H,5-6H2,1-2H3,(H,15,16)(H,17,18). The Morgan fingerprint density at radius 1 is 1.44 bits per heavy atom. The molecule has 0 aromatic heterocycles. The molecule has 0 spiro atoms. The zero-order valence-corrected chi connectivity index (χ0v) is 10.4. The summed E-state index contributed by atoms with van der Waals surface area (Å²) in [7, 11) is 0. The summed E-state index contributed by atoms with van der Waals surface area (Å²) in [5, 5.41) is 11.3. The van der Waals surface area contributed by atoms with E-state index in [4.69, 9.17) is 5.11 Å². The van der Waals surface area contributed by atoms with Crippen LogP contribution < -0.4 is 5.32 Å². The third kappa shape index (κ3) is 3.84. The number of rotatable bonds is 5. The molecule has 5 heteroatoms. The molecule has 0 heterocycles. The monoisotopic (exact) mass is 253 g/mol. The van der Waals surface area contributed by atoms with Crippen molar-refractivity contribution < 1.29 is 19.1 Å². The molecule has 0 saturated carbocycles. The van der Waals surface area contributed by atoms with Crippen LogP contribution in [0.4, 0.5) is 4.39 Å². The van der Waals surface area contributed by atoms with Crippen LogP contribution in [0.25, 0.3) is 0 Å². The highest BCUT2D eigenvalue weighted by molar-refractivity contribution is 5.94. The van der Waals surface area contributed by atoms with Crippen molar-refractivity contribution in [3.63, 3.8) is 0 Å². The number of carboxylic acids is 1. The fourth-order valence-electron chi connectivity index (χ4n) is 1.41. The van der Waals surface area contributed by atoms with Crippen molar-refractivity contribution in [3.8, 4) is 0 Å². The summed E-state index contributed by atoms with van der Waals surface area (Å²) < 4.78 is 13.0. The molecular formula is C13H16FNO3. The van der Waals surface area contributed by atoms with Gasteiger partial charge in [-0.15, -0.1) is 0 Å². The topological polar surface area (TPSA) is 66.4 Å². The predicted molar refractivity (Wildman–Crippen MR) is 64.9 cm³/mol. The summed E-state index contributed by atoms with van der Waals surface area (Å²) >= 11 is 0. The molecule has 0 aliphatic carbocycles. The number of carbonyl (C=O) groups excluding carboxylic acids is 1.